The molecule has 0 aliphatic rings. The lowest BCUT2D eigenvalue weighted by molar-refractivity contribution is -0.121. The van der Waals surface area contributed by atoms with Gasteiger partial charge in [-0.05, 0) is 24.1 Å². The summed E-state index contributed by atoms with van der Waals surface area (Å²) in [5.74, 6) is 0.0393. The molecule has 1 unspecified atom stereocenters. The summed E-state index contributed by atoms with van der Waals surface area (Å²) in [6.45, 7) is 2.66. The van der Waals surface area contributed by atoms with Crippen LogP contribution < -0.4 is 5.32 Å². The smallest absolute Gasteiger partial charge is 0.224 e. The molecule has 0 radical (unpaired) electrons. The maximum atomic E-state index is 11.9. The molecule has 4 heteroatoms. The number of ether oxygens (including phenoxy) is 1. The van der Waals surface area contributed by atoms with Gasteiger partial charge in [0, 0.05) is 12.0 Å². The number of carbonyl (C=O) groups is 1. The number of amides is 1. The monoisotopic (exact) mass is 267 g/mol. The summed E-state index contributed by atoms with van der Waals surface area (Å²) in [6, 6.07) is 7.74. The first-order valence-electron chi connectivity index (χ1n) is 6.22. The van der Waals surface area contributed by atoms with Gasteiger partial charge in [-0.3, -0.25) is 4.79 Å². The second-order valence-corrected chi connectivity index (χ2v) is 4.87. The Bertz CT molecular complexity index is 359. The third-order valence-electron chi connectivity index (χ3n) is 2.67. The zero-order valence-electron chi connectivity index (χ0n) is 11.0. The quantitative estimate of drug-likeness (QED) is 0.745. The van der Waals surface area contributed by atoms with Crippen molar-refractivity contribution in [3.05, 3.63) is 29.8 Å². The molecule has 0 saturated carbocycles. The molecule has 1 aromatic carbocycles. The van der Waals surface area contributed by atoms with Crippen LogP contribution in [0.5, 0.6) is 0 Å². The van der Waals surface area contributed by atoms with Crippen molar-refractivity contribution in [3.63, 3.8) is 0 Å². The molecular formula is C14H21NO2S. The van der Waals surface area contributed by atoms with Gasteiger partial charge >= 0.3 is 0 Å². The van der Waals surface area contributed by atoms with E-state index in [0.29, 0.717) is 13.0 Å². The molecule has 3 nitrogen and oxygen atoms in total. The summed E-state index contributed by atoms with van der Waals surface area (Å²) in [5, 5.41) is 3.00. The summed E-state index contributed by atoms with van der Waals surface area (Å²) >= 11 is 4.22. The number of hydrogen-bond donors (Lipinski definition) is 2. The fourth-order valence-corrected chi connectivity index (χ4v) is 1.97. The fourth-order valence-electron chi connectivity index (χ4n) is 1.82. The van der Waals surface area contributed by atoms with Crippen molar-refractivity contribution in [3.8, 4) is 0 Å². The molecule has 0 bridgehead atoms. The van der Waals surface area contributed by atoms with Crippen LogP contribution in [0.1, 0.15) is 25.3 Å². The van der Waals surface area contributed by atoms with E-state index in [1.807, 2.05) is 24.3 Å². The molecule has 0 aliphatic carbocycles. The van der Waals surface area contributed by atoms with Gasteiger partial charge < -0.3 is 10.1 Å². The zero-order valence-corrected chi connectivity index (χ0v) is 11.9. The van der Waals surface area contributed by atoms with Gasteiger partial charge in [0.1, 0.15) is 0 Å². The second kappa shape index (κ2) is 8.16. The Morgan fingerprint density at radius 1 is 1.39 bits per heavy atom. The first-order valence-corrected chi connectivity index (χ1v) is 6.66. The number of nitrogens with one attached hydrogen (secondary N) is 1. The van der Waals surface area contributed by atoms with Crippen molar-refractivity contribution in [1.82, 2.24) is 5.32 Å². The van der Waals surface area contributed by atoms with E-state index >= 15 is 0 Å². The maximum Gasteiger partial charge on any atom is 0.224 e. The molecule has 1 atom stereocenters. The Morgan fingerprint density at radius 2 is 2.06 bits per heavy atom. The third-order valence-corrected chi connectivity index (χ3v) is 2.97. The van der Waals surface area contributed by atoms with Crippen molar-refractivity contribution in [2.45, 2.75) is 37.1 Å². The highest BCUT2D eigenvalue weighted by molar-refractivity contribution is 7.80. The van der Waals surface area contributed by atoms with E-state index in [2.05, 4.69) is 24.9 Å². The van der Waals surface area contributed by atoms with E-state index in [9.17, 15) is 4.79 Å². The summed E-state index contributed by atoms with van der Waals surface area (Å²) in [7, 11) is 1.65. The third kappa shape index (κ3) is 5.56. The molecule has 0 saturated heterocycles. The fraction of sp³-hybridized carbons (Fsp3) is 0.500. The van der Waals surface area contributed by atoms with Gasteiger partial charge in [-0.15, -0.1) is 12.6 Å². The van der Waals surface area contributed by atoms with Crippen molar-refractivity contribution in [2.24, 2.45) is 0 Å². The molecule has 100 valence electrons. The summed E-state index contributed by atoms with van der Waals surface area (Å²) in [5.41, 5.74) is 0.998. The van der Waals surface area contributed by atoms with Crippen molar-refractivity contribution < 1.29 is 9.53 Å². The van der Waals surface area contributed by atoms with Gasteiger partial charge in [-0.1, -0.05) is 25.5 Å². The van der Waals surface area contributed by atoms with Crippen LogP contribution in [0.2, 0.25) is 0 Å². The number of thiol groups is 1. The molecule has 0 heterocycles. The van der Waals surface area contributed by atoms with Gasteiger partial charge in [-0.2, -0.15) is 0 Å². The Kier molecular flexibility index (Phi) is 6.83. The number of rotatable bonds is 7. The lowest BCUT2D eigenvalue weighted by Gasteiger charge is -2.17. The standard InChI is InChI=1S/C14H21NO2S/c1-3-4-12(10-17-2)15-14(16)9-11-5-7-13(18)8-6-11/h5-8,12,18H,3-4,9-10H2,1-2H3,(H,15,16). The van der Waals surface area contributed by atoms with Gasteiger partial charge in [0.15, 0.2) is 0 Å². The Hall–Kier alpha value is -1.00. The SMILES string of the molecule is CCCC(COC)NC(=O)Cc1ccc(S)cc1. The van der Waals surface area contributed by atoms with Crippen molar-refractivity contribution in [1.29, 1.82) is 0 Å². The Labute approximate surface area is 114 Å². The molecule has 0 aromatic heterocycles. The van der Waals surface area contributed by atoms with Gasteiger partial charge in [-0.25, -0.2) is 0 Å². The topological polar surface area (TPSA) is 38.3 Å². The van der Waals surface area contributed by atoms with Crippen LogP contribution in [0.3, 0.4) is 0 Å². The molecule has 1 aromatic rings. The van der Waals surface area contributed by atoms with Crippen molar-refractivity contribution in [2.75, 3.05) is 13.7 Å². The van der Waals surface area contributed by atoms with Gasteiger partial charge in [0.25, 0.3) is 0 Å². The van der Waals surface area contributed by atoms with Crippen LogP contribution in [-0.2, 0) is 16.0 Å². The lowest BCUT2D eigenvalue weighted by atomic mass is 10.1. The van der Waals surface area contributed by atoms with Crippen LogP contribution in [0.15, 0.2) is 29.2 Å². The molecule has 0 aliphatic heterocycles. The molecule has 0 spiro atoms. The molecule has 0 fully saturated rings. The second-order valence-electron chi connectivity index (χ2n) is 4.35. The van der Waals surface area contributed by atoms with E-state index < -0.39 is 0 Å². The van der Waals surface area contributed by atoms with Crippen LogP contribution >= 0.6 is 12.6 Å². The highest BCUT2D eigenvalue weighted by Gasteiger charge is 2.11. The number of hydrogen-bond acceptors (Lipinski definition) is 3. The Morgan fingerprint density at radius 3 is 2.61 bits per heavy atom. The first-order chi connectivity index (χ1) is 8.65. The molecule has 1 rings (SSSR count). The zero-order chi connectivity index (χ0) is 13.4. The van der Waals surface area contributed by atoms with Gasteiger partial charge in [0.05, 0.1) is 19.1 Å². The molecule has 1 amide bonds. The van der Waals surface area contributed by atoms with Crippen LogP contribution in [0, 0.1) is 0 Å². The average molecular weight is 267 g/mol. The maximum absolute atomic E-state index is 11.9. The van der Waals surface area contributed by atoms with E-state index in [-0.39, 0.29) is 11.9 Å². The molecular weight excluding hydrogens is 246 g/mol. The minimum Gasteiger partial charge on any atom is -0.383 e. The summed E-state index contributed by atoms with van der Waals surface area (Å²) in [6.07, 6.45) is 2.37. The van der Waals surface area contributed by atoms with Crippen LogP contribution in [0.25, 0.3) is 0 Å². The van der Waals surface area contributed by atoms with E-state index in [1.54, 1.807) is 7.11 Å². The minimum atomic E-state index is 0.0393. The summed E-state index contributed by atoms with van der Waals surface area (Å²) < 4.78 is 5.10. The first kappa shape index (κ1) is 15.1. The van der Waals surface area contributed by atoms with E-state index in [4.69, 9.17) is 4.74 Å². The minimum absolute atomic E-state index is 0.0393. The average Bonchev–Trinajstić information content (AvgIpc) is 2.33. The Balaban J connectivity index is 2.46. The summed E-state index contributed by atoms with van der Waals surface area (Å²) in [4.78, 5) is 12.8. The predicted molar refractivity (Wildman–Crippen MR) is 76.1 cm³/mol. The van der Waals surface area contributed by atoms with E-state index in [1.165, 1.54) is 0 Å². The van der Waals surface area contributed by atoms with Gasteiger partial charge in [0.2, 0.25) is 5.91 Å². The molecule has 18 heavy (non-hydrogen) atoms. The predicted octanol–water partition coefficient (Wildman–Crippen LogP) is 2.45. The lowest BCUT2D eigenvalue weighted by Crippen LogP contribution is -2.38. The normalized spacial score (nSPS) is 12.2. The van der Waals surface area contributed by atoms with E-state index in [0.717, 1.165) is 23.3 Å². The highest BCUT2D eigenvalue weighted by Crippen LogP contribution is 2.08. The number of benzene rings is 1. The van der Waals surface area contributed by atoms with Crippen molar-refractivity contribution >= 4 is 18.5 Å². The number of methoxy groups -OCH3 is 1. The molecule has 1 N–H and O–H groups in total. The van der Waals surface area contributed by atoms with Crippen LogP contribution in [-0.4, -0.2) is 25.7 Å². The number of carbonyl (C=O) groups excluding carboxylic acids is 1. The largest absolute Gasteiger partial charge is 0.383 e. The highest BCUT2D eigenvalue weighted by atomic mass is 32.1. The van der Waals surface area contributed by atoms with Crippen LogP contribution in [0.4, 0.5) is 0 Å².